The first kappa shape index (κ1) is 17.2. The number of methoxy groups -OCH3 is 1. The Labute approximate surface area is 142 Å². The topological polar surface area (TPSA) is 86.7 Å². The average molecular weight is 350 g/mol. The van der Waals surface area contributed by atoms with Crippen molar-refractivity contribution in [2.75, 3.05) is 13.7 Å². The number of carboxylic acids is 1. The number of hydrogen-bond acceptors (Lipinski definition) is 7. The molecule has 0 saturated carbocycles. The van der Waals surface area contributed by atoms with Crippen LogP contribution in [0.5, 0.6) is 0 Å². The Hall–Kier alpha value is -2.19. The van der Waals surface area contributed by atoms with Gasteiger partial charge in [0.25, 0.3) is 5.91 Å². The quantitative estimate of drug-likeness (QED) is 0.441. The zero-order chi connectivity index (χ0) is 17.0. The lowest BCUT2D eigenvalue weighted by atomic mass is 10.1. The minimum absolute atomic E-state index is 0.00831. The molecule has 1 aromatic rings. The molecule has 1 fully saturated rings. The van der Waals surface area contributed by atoms with Crippen molar-refractivity contribution in [1.82, 2.24) is 4.90 Å². The van der Waals surface area contributed by atoms with Gasteiger partial charge in [-0.2, -0.15) is 0 Å². The van der Waals surface area contributed by atoms with E-state index in [-0.39, 0.29) is 18.9 Å². The van der Waals surface area contributed by atoms with Crippen LogP contribution in [0.15, 0.2) is 29.2 Å². The lowest BCUT2D eigenvalue weighted by molar-refractivity contribution is -0.305. The van der Waals surface area contributed by atoms with Gasteiger partial charge in [-0.25, -0.2) is 4.79 Å². The molecule has 0 atom stereocenters. The number of esters is 1. The first-order valence-corrected chi connectivity index (χ1v) is 7.78. The van der Waals surface area contributed by atoms with Crippen LogP contribution in [-0.4, -0.2) is 40.7 Å². The van der Waals surface area contributed by atoms with Gasteiger partial charge in [0.05, 0.1) is 17.6 Å². The van der Waals surface area contributed by atoms with E-state index in [2.05, 4.69) is 4.74 Å². The summed E-state index contributed by atoms with van der Waals surface area (Å²) in [5, 5.41) is 10.5. The first-order chi connectivity index (χ1) is 10.9. The van der Waals surface area contributed by atoms with Gasteiger partial charge in [-0.15, -0.1) is 0 Å². The second-order valence-electron chi connectivity index (χ2n) is 4.57. The van der Waals surface area contributed by atoms with E-state index in [1.165, 1.54) is 12.0 Å². The van der Waals surface area contributed by atoms with Crippen LogP contribution in [0.1, 0.15) is 22.3 Å². The molecule has 0 aliphatic carbocycles. The second-order valence-corrected chi connectivity index (χ2v) is 6.24. The van der Waals surface area contributed by atoms with Crippen LogP contribution in [0.25, 0.3) is 6.08 Å². The number of nitrogens with zero attached hydrogens (tertiary/aromatic N) is 1. The molecule has 0 unspecified atom stereocenters. The number of amides is 1. The maximum atomic E-state index is 12.2. The molecule has 0 bridgehead atoms. The Morgan fingerprint density at radius 2 is 2.00 bits per heavy atom. The summed E-state index contributed by atoms with van der Waals surface area (Å²) < 4.78 is 4.93. The number of ether oxygens (including phenoxy) is 1. The second kappa shape index (κ2) is 7.38. The number of rotatable bonds is 5. The zero-order valence-electron chi connectivity index (χ0n) is 12.1. The number of carboxylic acid groups (broad SMARTS) is 1. The monoisotopic (exact) mass is 350 g/mol. The molecular weight excluding hydrogens is 338 g/mol. The molecule has 1 aliphatic heterocycles. The maximum absolute atomic E-state index is 12.2. The fourth-order valence-electron chi connectivity index (χ4n) is 1.88. The van der Waals surface area contributed by atoms with Gasteiger partial charge in [0.2, 0.25) is 0 Å². The number of carbonyl (C=O) groups excluding carboxylic acids is 3. The zero-order valence-corrected chi connectivity index (χ0v) is 13.7. The maximum Gasteiger partial charge on any atom is 0.337 e. The first-order valence-electron chi connectivity index (χ1n) is 6.56. The van der Waals surface area contributed by atoms with Crippen LogP contribution in [0, 0.1) is 0 Å². The summed E-state index contributed by atoms with van der Waals surface area (Å²) in [4.78, 5) is 35.7. The normalized spacial score (nSPS) is 16.0. The molecule has 0 aromatic heterocycles. The van der Waals surface area contributed by atoms with Crippen molar-refractivity contribution >= 4 is 52.2 Å². The van der Waals surface area contributed by atoms with Crippen LogP contribution >= 0.6 is 24.0 Å². The molecule has 1 amide bonds. The lowest BCUT2D eigenvalue weighted by Crippen LogP contribution is -2.33. The van der Waals surface area contributed by atoms with Gasteiger partial charge in [-0.05, 0) is 23.8 Å². The van der Waals surface area contributed by atoms with E-state index in [9.17, 15) is 19.5 Å². The van der Waals surface area contributed by atoms with Crippen LogP contribution in [0.2, 0.25) is 0 Å². The molecule has 8 heteroatoms. The van der Waals surface area contributed by atoms with Crippen LogP contribution in [-0.2, 0) is 14.3 Å². The third-order valence-electron chi connectivity index (χ3n) is 3.04. The number of benzene rings is 1. The lowest BCUT2D eigenvalue weighted by Gasteiger charge is -2.14. The van der Waals surface area contributed by atoms with Gasteiger partial charge < -0.3 is 14.6 Å². The van der Waals surface area contributed by atoms with Crippen molar-refractivity contribution in [2.45, 2.75) is 6.42 Å². The van der Waals surface area contributed by atoms with E-state index in [4.69, 9.17) is 12.2 Å². The van der Waals surface area contributed by atoms with Gasteiger partial charge >= 0.3 is 5.97 Å². The van der Waals surface area contributed by atoms with Crippen molar-refractivity contribution in [3.05, 3.63) is 40.3 Å². The van der Waals surface area contributed by atoms with Crippen molar-refractivity contribution in [3.63, 3.8) is 0 Å². The van der Waals surface area contributed by atoms with E-state index < -0.39 is 11.9 Å². The predicted molar refractivity (Wildman–Crippen MR) is 87.3 cm³/mol. The van der Waals surface area contributed by atoms with Crippen LogP contribution in [0.3, 0.4) is 0 Å². The van der Waals surface area contributed by atoms with Crippen LogP contribution in [0.4, 0.5) is 0 Å². The number of aliphatic carboxylic acids is 1. The summed E-state index contributed by atoms with van der Waals surface area (Å²) in [6, 6.07) is 6.54. The Kier molecular flexibility index (Phi) is 5.51. The number of thiocarbonyl (C=S) groups is 1. The largest absolute Gasteiger partial charge is 0.550 e. The molecule has 120 valence electrons. The molecule has 1 aliphatic rings. The Morgan fingerprint density at radius 1 is 1.35 bits per heavy atom. The number of hydrogen-bond donors (Lipinski definition) is 0. The molecule has 6 nitrogen and oxygen atoms in total. The SMILES string of the molecule is COC(=O)c1ccc(C=C2SC(=S)N(CCC(=O)[O-])C2=O)cc1. The molecule has 23 heavy (non-hydrogen) atoms. The number of thioether (sulfide) groups is 1. The summed E-state index contributed by atoms with van der Waals surface area (Å²) in [5.74, 6) is -2.01. The third kappa shape index (κ3) is 4.17. The van der Waals surface area contributed by atoms with Gasteiger partial charge in [0.15, 0.2) is 0 Å². The van der Waals surface area contributed by atoms with Gasteiger partial charge in [-0.1, -0.05) is 36.1 Å². The molecule has 1 heterocycles. The van der Waals surface area contributed by atoms with E-state index in [1.54, 1.807) is 30.3 Å². The fraction of sp³-hybridized carbons (Fsp3) is 0.200. The van der Waals surface area contributed by atoms with Gasteiger partial charge in [0, 0.05) is 18.9 Å². The van der Waals surface area contributed by atoms with E-state index in [0.29, 0.717) is 14.8 Å². The van der Waals surface area contributed by atoms with Gasteiger partial charge in [-0.3, -0.25) is 9.69 Å². The number of carbonyl (C=O) groups is 3. The Morgan fingerprint density at radius 3 is 2.57 bits per heavy atom. The predicted octanol–water partition coefficient (Wildman–Crippen LogP) is 0.814. The molecule has 0 spiro atoms. The average Bonchev–Trinajstić information content (AvgIpc) is 2.79. The third-order valence-corrected chi connectivity index (χ3v) is 4.42. The Balaban J connectivity index is 2.14. The standard InChI is InChI=1S/C15H13NO5S2/c1-21-14(20)10-4-2-9(3-5-10)8-11-13(19)16(15(22)23-11)7-6-12(17)18/h2-5,8H,6-7H2,1H3,(H,17,18)/p-1. The minimum Gasteiger partial charge on any atom is -0.550 e. The molecule has 1 aromatic carbocycles. The van der Waals surface area contributed by atoms with Crippen molar-refractivity contribution in [3.8, 4) is 0 Å². The molecular formula is C15H12NO5S2-. The Bertz CT molecular complexity index is 696. The van der Waals surface area contributed by atoms with Crippen molar-refractivity contribution < 1.29 is 24.2 Å². The van der Waals surface area contributed by atoms with E-state index in [1.807, 2.05) is 0 Å². The highest BCUT2D eigenvalue weighted by Crippen LogP contribution is 2.32. The summed E-state index contributed by atoms with van der Waals surface area (Å²) >= 11 is 6.19. The van der Waals surface area contributed by atoms with E-state index >= 15 is 0 Å². The highest BCUT2D eigenvalue weighted by molar-refractivity contribution is 8.26. The minimum atomic E-state index is -1.23. The van der Waals surface area contributed by atoms with Crippen molar-refractivity contribution in [2.24, 2.45) is 0 Å². The van der Waals surface area contributed by atoms with Gasteiger partial charge in [0.1, 0.15) is 4.32 Å². The van der Waals surface area contributed by atoms with Crippen molar-refractivity contribution in [1.29, 1.82) is 0 Å². The molecule has 0 radical (unpaired) electrons. The fourth-order valence-corrected chi connectivity index (χ4v) is 3.19. The summed E-state index contributed by atoms with van der Waals surface area (Å²) in [6.45, 7) is -0.00831. The molecule has 2 rings (SSSR count). The molecule has 0 N–H and O–H groups in total. The summed E-state index contributed by atoms with van der Waals surface area (Å²) in [6.07, 6.45) is 1.37. The highest BCUT2D eigenvalue weighted by Gasteiger charge is 2.31. The summed E-state index contributed by atoms with van der Waals surface area (Å²) in [7, 11) is 1.30. The smallest absolute Gasteiger partial charge is 0.337 e. The highest BCUT2D eigenvalue weighted by atomic mass is 32.2. The summed E-state index contributed by atoms with van der Waals surface area (Å²) in [5.41, 5.74) is 1.13. The molecule has 1 saturated heterocycles. The van der Waals surface area contributed by atoms with Crippen LogP contribution < -0.4 is 5.11 Å². The van der Waals surface area contributed by atoms with E-state index in [0.717, 1.165) is 17.3 Å².